The van der Waals surface area contributed by atoms with Gasteiger partial charge in [0.2, 0.25) is 15.9 Å². The van der Waals surface area contributed by atoms with E-state index in [1.165, 1.54) is 4.68 Å². The fourth-order valence-electron chi connectivity index (χ4n) is 3.40. The second-order valence-corrected chi connectivity index (χ2v) is 8.75. The van der Waals surface area contributed by atoms with Crippen molar-refractivity contribution in [3.63, 3.8) is 0 Å². The molecule has 0 aromatic carbocycles. The molecule has 2 heterocycles. The summed E-state index contributed by atoms with van der Waals surface area (Å²) in [6, 6.07) is 0.103. The molecule has 1 aromatic heterocycles. The number of rotatable bonds is 7. The number of carbonyl (C=O) groups is 1. The minimum absolute atomic E-state index is 0.0379. The van der Waals surface area contributed by atoms with Crippen molar-refractivity contribution in [2.45, 2.75) is 77.3 Å². The summed E-state index contributed by atoms with van der Waals surface area (Å²) >= 11 is 0. The number of hydrogen-bond donors (Lipinski definition) is 1. The average molecular weight is 371 g/mol. The number of hydrogen-bond acceptors (Lipinski definition) is 4. The summed E-state index contributed by atoms with van der Waals surface area (Å²) < 4.78 is 29.0. The minimum Gasteiger partial charge on any atom is -0.352 e. The van der Waals surface area contributed by atoms with Gasteiger partial charge in [0, 0.05) is 19.1 Å². The molecule has 0 bridgehead atoms. The van der Waals surface area contributed by atoms with Crippen LogP contribution in [0.5, 0.6) is 0 Å². The van der Waals surface area contributed by atoms with Crippen molar-refractivity contribution in [3.05, 3.63) is 11.4 Å². The van der Waals surface area contributed by atoms with Crippen LogP contribution < -0.4 is 5.32 Å². The number of nitrogens with one attached hydrogen (secondary N) is 1. The van der Waals surface area contributed by atoms with Gasteiger partial charge in [-0.05, 0) is 40.0 Å². The first kappa shape index (κ1) is 19.9. The molecular formula is C17H30N4O3S. The Bertz CT molecular complexity index is 706. The first-order valence-electron chi connectivity index (χ1n) is 9.10. The van der Waals surface area contributed by atoms with E-state index >= 15 is 0 Å². The summed E-state index contributed by atoms with van der Waals surface area (Å²) in [5.74, 6) is -0.145. The van der Waals surface area contributed by atoms with Gasteiger partial charge in [0.15, 0.2) is 0 Å². The predicted octanol–water partition coefficient (Wildman–Crippen LogP) is 1.98. The first-order valence-corrected chi connectivity index (χ1v) is 10.5. The molecule has 0 radical (unpaired) electrons. The molecule has 1 fully saturated rings. The molecule has 1 aliphatic rings. The summed E-state index contributed by atoms with van der Waals surface area (Å²) in [6.45, 7) is 8.60. The lowest BCUT2D eigenvalue weighted by Gasteiger charge is -2.26. The Labute approximate surface area is 150 Å². The molecule has 1 aromatic rings. The van der Waals surface area contributed by atoms with Crippen LogP contribution in [0, 0.1) is 13.8 Å². The van der Waals surface area contributed by atoms with Gasteiger partial charge in [0.25, 0.3) is 0 Å². The standard InChI is InChI=1S/C17H30N4O3S/c1-5-9-13(2)18-16(22)12-21-15(4)17(14(3)19-21)25(23,24)20-10-7-6-8-11-20/h13H,5-12H2,1-4H3,(H,18,22)/t13-/m1/s1. The number of sulfonamides is 1. The molecule has 2 rings (SSSR count). The van der Waals surface area contributed by atoms with E-state index in [0.717, 1.165) is 32.1 Å². The molecule has 1 atom stereocenters. The second-order valence-electron chi connectivity index (χ2n) is 6.88. The van der Waals surface area contributed by atoms with Gasteiger partial charge >= 0.3 is 0 Å². The van der Waals surface area contributed by atoms with Crippen LogP contribution in [0.15, 0.2) is 4.90 Å². The lowest BCUT2D eigenvalue weighted by Crippen LogP contribution is -2.36. The molecule has 25 heavy (non-hydrogen) atoms. The zero-order chi connectivity index (χ0) is 18.6. The fraction of sp³-hybridized carbons (Fsp3) is 0.765. The summed E-state index contributed by atoms with van der Waals surface area (Å²) in [7, 11) is -3.55. The maximum atomic E-state index is 13.0. The Kier molecular flexibility index (Phi) is 6.62. The smallest absolute Gasteiger partial charge is 0.246 e. The highest BCUT2D eigenvalue weighted by Crippen LogP contribution is 2.26. The number of aromatic nitrogens is 2. The van der Waals surface area contributed by atoms with E-state index in [4.69, 9.17) is 0 Å². The normalized spacial score (nSPS) is 17.4. The first-order chi connectivity index (χ1) is 11.8. The minimum atomic E-state index is -3.55. The molecule has 7 nitrogen and oxygen atoms in total. The van der Waals surface area contributed by atoms with Gasteiger partial charge in [-0.15, -0.1) is 0 Å². The quantitative estimate of drug-likeness (QED) is 0.795. The zero-order valence-corrected chi connectivity index (χ0v) is 16.5. The van der Waals surface area contributed by atoms with Gasteiger partial charge in [-0.3, -0.25) is 9.48 Å². The summed E-state index contributed by atoms with van der Waals surface area (Å²) in [6.07, 6.45) is 4.77. The second kappa shape index (κ2) is 8.31. The van der Waals surface area contributed by atoms with Crippen molar-refractivity contribution in [1.82, 2.24) is 19.4 Å². The zero-order valence-electron chi connectivity index (χ0n) is 15.7. The van der Waals surface area contributed by atoms with Crippen molar-refractivity contribution < 1.29 is 13.2 Å². The van der Waals surface area contributed by atoms with E-state index in [1.807, 2.05) is 6.92 Å². The monoisotopic (exact) mass is 370 g/mol. The van der Waals surface area contributed by atoms with Crippen LogP contribution in [0.3, 0.4) is 0 Å². The van der Waals surface area contributed by atoms with Crippen molar-refractivity contribution in [3.8, 4) is 0 Å². The highest BCUT2D eigenvalue weighted by molar-refractivity contribution is 7.89. The Morgan fingerprint density at radius 1 is 1.24 bits per heavy atom. The van der Waals surface area contributed by atoms with Gasteiger partial charge in [-0.2, -0.15) is 9.40 Å². The van der Waals surface area contributed by atoms with Gasteiger partial charge < -0.3 is 5.32 Å². The molecular weight excluding hydrogens is 340 g/mol. The Balaban J connectivity index is 2.18. The van der Waals surface area contributed by atoms with Crippen LogP contribution in [-0.4, -0.2) is 47.5 Å². The highest BCUT2D eigenvalue weighted by Gasteiger charge is 2.32. The lowest BCUT2D eigenvalue weighted by atomic mass is 10.2. The van der Waals surface area contributed by atoms with E-state index in [1.54, 1.807) is 18.2 Å². The number of piperidine rings is 1. The molecule has 1 N–H and O–H groups in total. The predicted molar refractivity (Wildman–Crippen MR) is 96.8 cm³/mol. The summed E-state index contributed by atoms with van der Waals surface area (Å²) in [4.78, 5) is 12.4. The maximum absolute atomic E-state index is 13.0. The van der Waals surface area contributed by atoms with E-state index in [-0.39, 0.29) is 23.4 Å². The van der Waals surface area contributed by atoms with Gasteiger partial charge in [0.1, 0.15) is 11.4 Å². The van der Waals surface area contributed by atoms with Crippen LogP contribution >= 0.6 is 0 Å². The van der Waals surface area contributed by atoms with Crippen LogP contribution in [0.2, 0.25) is 0 Å². The molecule has 0 spiro atoms. The van der Waals surface area contributed by atoms with Crippen LogP contribution in [0.4, 0.5) is 0 Å². The van der Waals surface area contributed by atoms with Crippen molar-refractivity contribution in [2.24, 2.45) is 0 Å². The third-order valence-corrected chi connectivity index (χ3v) is 6.80. The number of amides is 1. The van der Waals surface area contributed by atoms with Crippen LogP contribution in [0.1, 0.15) is 57.3 Å². The largest absolute Gasteiger partial charge is 0.352 e. The fourth-order valence-corrected chi connectivity index (χ4v) is 5.29. The Hall–Kier alpha value is -1.41. The van der Waals surface area contributed by atoms with Gasteiger partial charge in [-0.25, -0.2) is 8.42 Å². The third-order valence-electron chi connectivity index (χ3n) is 4.65. The molecule has 8 heteroatoms. The molecule has 0 saturated carbocycles. The van der Waals surface area contributed by atoms with Crippen molar-refractivity contribution in [1.29, 1.82) is 0 Å². The lowest BCUT2D eigenvalue weighted by molar-refractivity contribution is -0.122. The summed E-state index contributed by atoms with van der Waals surface area (Å²) in [5.41, 5.74) is 0.985. The Morgan fingerprint density at radius 2 is 1.88 bits per heavy atom. The van der Waals surface area contributed by atoms with Crippen LogP contribution in [0.25, 0.3) is 0 Å². The van der Waals surface area contributed by atoms with Crippen molar-refractivity contribution in [2.75, 3.05) is 13.1 Å². The topological polar surface area (TPSA) is 84.3 Å². The van der Waals surface area contributed by atoms with Crippen molar-refractivity contribution >= 4 is 15.9 Å². The molecule has 142 valence electrons. The molecule has 0 unspecified atom stereocenters. The van der Waals surface area contributed by atoms with E-state index in [9.17, 15) is 13.2 Å². The molecule has 1 amide bonds. The van der Waals surface area contributed by atoms with E-state index < -0.39 is 10.0 Å². The van der Waals surface area contributed by atoms with Gasteiger partial charge in [-0.1, -0.05) is 19.8 Å². The SMILES string of the molecule is CCC[C@@H](C)NC(=O)Cn1nc(C)c(S(=O)(=O)N2CCCCC2)c1C. The number of aryl methyl sites for hydroxylation is 1. The molecule has 1 saturated heterocycles. The average Bonchev–Trinajstić information content (AvgIpc) is 2.82. The molecule has 0 aliphatic carbocycles. The number of nitrogens with zero attached hydrogens (tertiary/aromatic N) is 3. The Morgan fingerprint density at radius 3 is 2.48 bits per heavy atom. The summed E-state index contributed by atoms with van der Waals surface area (Å²) in [5, 5.41) is 7.24. The maximum Gasteiger partial charge on any atom is 0.246 e. The third kappa shape index (κ3) is 4.61. The van der Waals surface area contributed by atoms with Gasteiger partial charge in [0.05, 0.1) is 11.4 Å². The highest BCUT2D eigenvalue weighted by atomic mass is 32.2. The molecule has 1 aliphatic heterocycles. The number of carbonyl (C=O) groups excluding carboxylic acids is 1. The van der Waals surface area contributed by atoms with E-state index in [0.29, 0.717) is 24.5 Å². The van der Waals surface area contributed by atoms with Crippen LogP contribution in [-0.2, 0) is 21.4 Å². The van der Waals surface area contributed by atoms with E-state index in [2.05, 4.69) is 17.3 Å².